The number of aldehydes is 1. The molecule has 0 bridgehead atoms. The number of carbonyl (C=O) groups excluding carboxylic acids is 2. The van der Waals surface area contributed by atoms with Gasteiger partial charge in [-0.2, -0.15) is 10.4 Å². The van der Waals surface area contributed by atoms with Crippen molar-refractivity contribution in [2.75, 3.05) is 6.54 Å². The number of benzene rings is 2. The van der Waals surface area contributed by atoms with E-state index in [1.54, 1.807) is 44.2 Å². The Bertz CT molecular complexity index is 1200. The van der Waals surface area contributed by atoms with E-state index in [0.29, 0.717) is 34.6 Å². The van der Waals surface area contributed by atoms with E-state index in [-0.39, 0.29) is 17.5 Å². The molecule has 0 radical (unpaired) electrons. The number of carbonyl (C=O) groups is 2. The number of rotatable bonds is 7. The van der Waals surface area contributed by atoms with E-state index in [9.17, 15) is 14.7 Å². The Kier molecular flexibility index (Phi) is 6.78. The zero-order valence-corrected chi connectivity index (χ0v) is 18.8. The predicted octanol–water partition coefficient (Wildman–Crippen LogP) is 3.61. The summed E-state index contributed by atoms with van der Waals surface area (Å²) in [6.45, 7) is 5.21. The smallest absolute Gasteiger partial charge is 0.251 e. The van der Waals surface area contributed by atoms with Crippen LogP contribution < -0.4 is 5.32 Å². The summed E-state index contributed by atoms with van der Waals surface area (Å²) < 4.78 is 1.52. The van der Waals surface area contributed by atoms with Gasteiger partial charge in [0.2, 0.25) is 0 Å². The van der Waals surface area contributed by atoms with Crippen LogP contribution in [0, 0.1) is 18.3 Å². The minimum absolute atomic E-state index is 0.147. The van der Waals surface area contributed by atoms with Gasteiger partial charge in [0.15, 0.2) is 6.29 Å². The SMILES string of the molecule is Cc1nn(-c2ccc(C#N)c(Cl)c2)c(C=O)c1Cc1ccc(C(=O)NCC(C)(C)O)cc1. The van der Waals surface area contributed by atoms with Gasteiger partial charge in [-0.05, 0) is 56.7 Å². The fourth-order valence-corrected chi connectivity index (χ4v) is 3.43. The van der Waals surface area contributed by atoms with Gasteiger partial charge in [-0.25, -0.2) is 4.68 Å². The van der Waals surface area contributed by atoms with Crippen molar-refractivity contribution in [3.8, 4) is 11.8 Å². The Morgan fingerprint density at radius 3 is 2.53 bits per heavy atom. The van der Waals surface area contributed by atoms with Crippen LogP contribution in [-0.2, 0) is 6.42 Å². The molecule has 32 heavy (non-hydrogen) atoms. The molecular weight excluding hydrogens is 428 g/mol. The summed E-state index contributed by atoms with van der Waals surface area (Å²) in [5, 5.41) is 26.3. The molecule has 1 heterocycles. The van der Waals surface area contributed by atoms with E-state index in [1.165, 1.54) is 4.68 Å². The zero-order valence-electron chi connectivity index (χ0n) is 18.0. The number of aromatic nitrogens is 2. The predicted molar refractivity (Wildman–Crippen MR) is 121 cm³/mol. The highest BCUT2D eigenvalue weighted by Crippen LogP contribution is 2.24. The quantitative estimate of drug-likeness (QED) is 0.534. The Morgan fingerprint density at radius 2 is 1.97 bits per heavy atom. The average Bonchev–Trinajstić information content (AvgIpc) is 3.07. The maximum absolute atomic E-state index is 12.2. The monoisotopic (exact) mass is 450 g/mol. The molecule has 7 nitrogen and oxygen atoms in total. The summed E-state index contributed by atoms with van der Waals surface area (Å²) in [6.07, 6.45) is 1.20. The van der Waals surface area contributed by atoms with Crippen LogP contribution in [0.4, 0.5) is 0 Å². The van der Waals surface area contributed by atoms with E-state index < -0.39 is 5.60 Å². The molecule has 8 heteroatoms. The highest BCUT2D eigenvalue weighted by Gasteiger charge is 2.18. The summed E-state index contributed by atoms with van der Waals surface area (Å²) in [5.74, 6) is -0.269. The fraction of sp³-hybridized carbons (Fsp3) is 0.250. The molecule has 1 amide bonds. The van der Waals surface area contributed by atoms with Gasteiger partial charge in [0.1, 0.15) is 11.8 Å². The zero-order chi connectivity index (χ0) is 23.5. The molecule has 0 spiro atoms. The number of nitrogens with one attached hydrogen (secondary N) is 1. The number of halogens is 1. The molecule has 1 aromatic heterocycles. The van der Waals surface area contributed by atoms with Gasteiger partial charge in [-0.1, -0.05) is 23.7 Å². The van der Waals surface area contributed by atoms with Crippen LogP contribution >= 0.6 is 11.6 Å². The number of nitriles is 1. The third-order valence-electron chi connectivity index (χ3n) is 4.93. The molecule has 164 valence electrons. The molecule has 2 N–H and O–H groups in total. The van der Waals surface area contributed by atoms with Crippen molar-refractivity contribution in [3.63, 3.8) is 0 Å². The van der Waals surface area contributed by atoms with Gasteiger partial charge in [-0.3, -0.25) is 9.59 Å². The number of hydrogen-bond donors (Lipinski definition) is 2. The topological polar surface area (TPSA) is 108 Å². The summed E-state index contributed by atoms with van der Waals surface area (Å²) in [4.78, 5) is 24.1. The van der Waals surface area contributed by atoms with Crippen LogP contribution in [0.2, 0.25) is 5.02 Å². The van der Waals surface area contributed by atoms with Gasteiger partial charge in [0, 0.05) is 24.1 Å². The van der Waals surface area contributed by atoms with E-state index in [4.69, 9.17) is 16.9 Å². The molecule has 3 rings (SSSR count). The summed E-state index contributed by atoms with van der Waals surface area (Å²) in [6, 6.07) is 13.9. The summed E-state index contributed by atoms with van der Waals surface area (Å²) in [7, 11) is 0. The number of amides is 1. The largest absolute Gasteiger partial charge is 0.389 e. The summed E-state index contributed by atoms with van der Waals surface area (Å²) >= 11 is 6.14. The van der Waals surface area contributed by atoms with Crippen molar-refractivity contribution < 1.29 is 14.7 Å². The first kappa shape index (κ1) is 23.2. The Labute approximate surface area is 191 Å². The van der Waals surface area contributed by atoms with Crippen LogP contribution in [-0.4, -0.2) is 39.2 Å². The van der Waals surface area contributed by atoms with Crippen LogP contribution in [0.25, 0.3) is 5.69 Å². The number of aliphatic hydroxyl groups is 1. The number of aryl methyl sites for hydroxylation is 1. The molecule has 0 saturated heterocycles. The van der Waals surface area contributed by atoms with Crippen molar-refractivity contribution in [1.29, 1.82) is 5.26 Å². The van der Waals surface area contributed by atoms with Gasteiger partial charge in [0.25, 0.3) is 5.91 Å². The van der Waals surface area contributed by atoms with Crippen molar-refractivity contribution in [2.24, 2.45) is 0 Å². The maximum atomic E-state index is 12.2. The van der Waals surface area contributed by atoms with Crippen molar-refractivity contribution in [3.05, 3.63) is 81.1 Å². The molecule has 0 atom stereocenters. The minimum Gasteiger partial charge on any atom is -0.389 e. The normalized spacial score (nSPS) is 11.1. The number of nitrogens with zero attached hydrogens (tertiary/aromatic N) is 3. The van der Waals surface area contributed by atoms with Crippen LogP contribution in [0.3, 0.4) is 0 Å². The summed E-state index contributed by atoms with van der Waals surface area (Å²) in [5.41, 5.74) is 3.19. The minimum atomic E-state index is -0.988. The lowest BCUT2D eigenvalue weighted by Gasteiger charge is -2.17. The lowest BCUT2D eigenvalue weighted by atomic mass is 10.0. The van der Waals surface area contributed by atoms with Crippen LogP contribution in [0.5, 0.6) is 0 Å². The third-order valence-corrected chi connectivity index (χ3v) is 5.24. The molecule has 0 aliphatic carbocycles. The van der Waals surface area contributed by atoms with E-state index in [2.05, 4.69) is 10.4 Å². The van der Waals surface area contributed by atoms with Crippen molar-refractivity contribution in [2.45, 2.75) is 32.8 Å². The second-order valence-corrected chi connectivity index (χ2v) is 8.53. The lowest BCUT2D eigenvalue weighted by Crippen LogP contribution is -2.38. The molecule has 0 aliphatic rings. The Hall–Kier alpha value is -3.47. The van der Waals surface area contributed by atoms with Crippen LogP contribution in [0.1, 0.15) is 57.1 Å². The highest BCUT2D eigenvalue weighted by molar-refractivity contribution is 6.31. The molecule has 0 aliphatic heterocycles. The molecule has 0 fully saturated rings. The Morgan fingerprint density at radius 1 is 1.28 bits per heavy atom. The fourth-order valence-electron chi connectivity index (χ4n) is 3.22. The van der Waals surface area contributed by atoms with E-state index in [0.717, 1.165) is 17.4 Å². The molecular formula is C24H23ClN4O3. The van der Waals surface area contributed by atoms with Gasteiger partial charge < -0.3 is 10.4 Å². The third kappa shape index (κ3) is 5.22. The molecule has 0 unspecified atom stereocenters. The van der Waals surface area contributed by atoms with Gasteiger partial charge >= 0.3 is 0 Å². The lowest BCUT2D eigenvalue weighted by molar-refractivity contribution is 0.0694. The van der Waals surface area contributed by atoms with Crippen molar-refractivity contribution >= 4 is 23.8 Å². The number of hydrogen-bond acceptors (Lipinski definition) is 5. The standard InChI is InChI=1S/C24H23ClN4O3/c1-15-20(10-16-4-6-17(7-5-16)23(31)27-14-24(2,3)32)22(13-30)29(28-15)19-9-8-18(12-26)21(25)11-19/h4-9,11,13,32H,10,14H2,1-3H3,(H,27,31). The molecule has 0 saturated carbocycles. The first-order valence-electron chi connectivity index (χ1n) is 9.96. The molecule has 2 aromatic carbocycles. The van der Waals surface area contributed by atoms with E-state index >= 15 is 0 Å². The first-order valence-corrected chi connectivity index (χ1v) is 10.3. The van der Waals surface area contributed by atoms with E-state index in [1.807, 2.05) is 25.1 Å². The molecule has 3 aromatic rings. The Balaban J connectivity index is 1.84. The van der Waals surface area contributed by atoms with Gasteiger partial charge in [0.05, 0.1) is 27.6 Å². The second kappa shape index (κ2) is 9.35. The van der Waals surface area contributed by atoms with Crippen molar-refractivity contribution in [1.82, 2.24) is 15.1 Å². The van der Waals surface area contributed by atoms with Gasteiger partial charge in [-0.15, -0.1) is 0 Å². The van der Waals surface area contributed by atoms with Crippen LogP contribution in [0.15, 0.2) is 42.5 Å². The first-order chi connectivity index (χ1) is 15.1. The maximum Gasteiger partial charge on any atom is 0.251 e. The second-order valence-electron chi connectivity index (χ2n) is 8.12. The highest BCUT2D eigenvalue weighted by atomic mass is 35.5. The average molecular weight is 451 g/mol.